The van der Waals surface area contributed by atoms with Crippen molar-refractivity contribution in [2.24, 2.45) is 0 Å². The Hall–Kier alpha value is -2.42. The number of carbonyl (C=O) groups excluding carboxylic acids is 1. The normalized spacial score (nSPS) is 11.8. The number of nitrogens with zero attached hydrogens (tertiary/aromatic N) is 3. The number of benzene rings is 1. The highest BCUT2D eigenvalue weighted by Gasteiger charge is 2.18. The Morgan fingerprint density at radius 2 is 2.09 bits per heavy atom. The molecule has 22 heavy (non-hydrogen) atoms. The molecule has 0 aliphatic heterocycles. The Morgan fingerprint density at radius 1 is 1.36 bits per heavy atom. The summed E-state index contributed by atoms with van der Waals surface area (Å²) in [7, 11) is 3.09. The molecule has 118 valence electrons. The third kappa shape index (κ3) is 3.61. The first kappa shape index (κ1) is 16.0. The topological polar surface area (TPSA) is 104 Å². The second-order valence-corrected chi connectivity index (χ2v) is 5.65. The summed E-state index contributed by atoms with van der Waals surface area (Å²) in [6.07, 6.45) is 1.38. The van der Waals surface area contributed by atoms with E-state index in [9.17, 15) is 4.79 Å². The number of hydrogen-bond acceptors (Lipinski definition) is 7. The molecule has 0 fully saturated rings. The first-order valence-electron chi connectivity index (χ1n) is 6.39. The van der Waals surface area contributed by atoms with Gasteiger partial charge in [0.05, 0.1) is 19.5 Å². The molecule has 2 rings (SSSR count). The number of methoxy groups -OCH3 is 2. The second kappa shape index (κ2) is 7.03. The van der Waals surface area contributed by atoms with Gasteiger partial charge in [0.15, 0.2) is 11.5 Å². The Bertz CT molecular complexity index is 661. The van der Waals surface area contributed by atoms with Crippen LogP contribution in [0.15, 0.2) is 29.7 Å². The van der Waals surface area contributed by atoms with Gasteiger partial charge in [-0.1, -0.05) is 11.8 Å². The molecule has 9 heteroatoms. The van der Waals surface area contributed by atoms with E-state index in [2.05, 4.69) is 15.5 Å². The monoisotopic (exact) mass is 323 g/mol. The molecule has 0 spiro atoms. The Kier molecular flexibility index (Phi) is 5.10. The van der Waals surface area contributed by atoms with Crippen LogP contribution in [-0.4, -0.2) is 40.3 Å². The summed E-state index contributed by atoms with van der Waals surface area (Å²) in [5.41, 5.74) is 0.615. The Morgan fingerprint density at radius 3 is 2.68 bits per heavy atom. The van der Waals surface area contributed by atoms with E-state index in [1.54, 1.807) is 32.2 Å². The molecule has 1 aromatic heterocycles. The van der Waals surface area contributed by atoms with Crippen molar-refractivity contribution in [3.05, 3.63) is 24.5 Å². The van der Waals surface area contributed by atoms with Crippen LogP contribution in [0.4, 0.5) is 5.69 Å². The molecule has 1 atom stereocenters. The van der Waals surface area contributed by atoms with Crippen molar-refractivity contribution in [2.75, 3.05) is 25.4 Å². The van der Waals surface area contributed by atoms with E-state index < -0.39 is 0 Å². The number of hydrogen-bond donors (Lipinski definition) is 2. The van der Waals surface area contributed by atoms with Crippen molar-refractivity contribution in [3.63, 3.8) is 0 Å². The summed E-state index contributed by atoms with van der Waals surface area (Å²) in [6, 6.07) is 5.16. The van der Waals surface area contributed by atoms with E-state index in [-0.39, 0.29) is 11.2 Å². The smallest absolute Gasteiger partial charge is 0.237 e. The molecular formula is C13H17N5O3S. The number of nitrogen functional groups attached to an aromatic ring is 1. The minimum absolute atomic E-state index is 0.180. The van der Waals surface area contributed by atoms with Gasteiger partial charge in [-0.2, -0.15) is 0 Å². The molecule has 0 saturated heterocycles. The summed E-state index contributed by atoms with van der Waals surface area (Å²) in [6.45, 7) is 1.76. The lowest BCUT2D eigenvalue weighted by Crippen LogP contribution is -2.23. The van der Waals surface area contributed by atoms with Crippen LogP contribution in [-0.2, 0) is 4.79 Å². The van der Waals surface area contributed by atoms with Gasteiger partial charge in [0.1, 0.15) is 6.33 Å². The number of ether oxygens (including phenoxy) is 2. The summed E-state index contributed by atoms with van der Waals surface area (Å²) in [4.78, 5) is 12.2. The van der Waals surface area contributed by atoms with Crippen molar-refractivity contribution < 1.29 is 14.3 Å². The number of amides is 1. The van der Waals surface area contributed by atoms with E-state index >= 15 is 0 Å². The highest BCUT2D eigenvalue weighted by atomic mass is 32.2. The second-order valence-electron chi connectivity index (χ2n) is 4.34. The zero-order chi connectivity index (χ0) is 16.1. The highest BCUT2D eigenvalue weighted by Crippen LogP contribution is 2.30. The molecular weight excluding hydrogens is 306 g/mol. The van der Waals surface area contributed by atoms with Crippen molar-refractivity contribution in [1.82, 2.24) is 14.9 Å². The first-order valence-corrected chi connectivity index (χ1v) is 7.27. The molecule has 0 saturated carbocycles. The van der Waals surface area contributed by atoms with E-state index in [1.165, 1.54) is 29.9 Å². The van der Waals surface area contributed by atoms with Crippen LogP contribution < -0.4 is 20.6 Å². The molecule has 1 amide bonds. The standard InChI is InChI=1S/C13H17N5O3S/c1-8(22-13-17-15-7-18(13)14)12(19)16-9-4-5-10(20-2)11(6-9)21-3/h4-8H,14H2,1-3H3,(H,16,19)/t8-/m1/s1. The minimum Gasteiger partial charge on any atom is -0.493 e. The lowest BCUT2D eigenvalue weighted by Gasteiger charge is -2.13. The largest absolute Gasteiger partial charge is 0.493 e. The molecule has 0 aliphatic rings. The molecule has 0 unspecified atom stereocenters. The van der Waals surface area contributed by atoms with Crippen molar-refractivity contribution in [2.45, 2.75) is 17.3 Å². The molecule has 0 bridgehead atoms. The van der Waals surface area contributed by atoms with E-state index in [0.29, 0.717) is 22.3 Å². The van der Waals surface area contributed by atoms with E-state index in [0.717, 1.165) is 0 Å². The van der Waals surface area contributed by atoms with Crippen LogP contribution in [0.1, 0.15) is 6.92 Å². The third-order valence-corrected chi connectivity index (χ3v) is 3.91. The zero-order valence-corrected chi connectivity index (χ0v) is 13.3. The first-order chi connectivity index (χ1) is 10.5. The van der Waals surface area contributed by atoms with Crippen LogP contribution >= 0.6 is 11.8 Å². The van der Waals surface area contributed by atoms with Crippen LogP contribution in [0.2, 0.25) is 0 Å². The van der Waals surface area contributed by atoms with Crippen LogP contribution in [0.5, 0.6) is 11.5 Å². The molecule has 0 radical (unpaired) electrons. The SMILES string of the molecule is COc1ccc(NC(=O)[C@@H](C)Sc2nncn2N)cc1OC. The summed E-state index contributed by atoms with van der Waals surface area (Å²) >= 11 is 1.22. The van der Waals surface area contributed by atoms with Gasteiger partial charge in [0.2, 0.25) is 11.1 Å². The van der Waals surface area contributed by atoms with Crippen molar-refractivity contribution in [1.29, 1.82) is 0 Å². The fourth-order valence-corrected chi connectivity index (χ4v) is 2.43. The van der Waals surface area contributed by atoms with Crippen LogP contribution in [0.25, 0.3) is 0 Å². The van der Waals surface area contributed by atoms with E-state index in [4.69, 9.17) is 15.3 Å². The number of rotatable bonds is 6. The third-order valence-electron chi connectivity index (χ3n) is 2.84. The van der Waals surface area contributed by atoms with Gasteiger partial charge in [-0.25, -0.2) is 4.68 Å². The zero-order valence-electron chi connectivity index (χ0n) is 12.4. The Labute approximate surface area is 132 Å². The van der Waals surface area contributed by atoms with Crippen LogP contribution in [0.3, 0.4) is 0 Å². The number of aromatic nitrogens is 3. The molecule has 2 aromatic rings. The van der Waals surface area contributed by atoms with Gasteiger partial charge in [0.25, 0.3) is 0 Å². The average Bonchev–Trinajstić information content (AvgIpc) is 2.92. The molecule has 1 heterocycles. The summed E-state index contributed by atoms with van der Waals surface area (Å²) in [5.74, 6) is 6.58. The van der Waals surface area contributed by atoms with Crippen molar-refractivity contribution >= 4 is 23.4 Å². The quantitative estimate of drug-likeness (QED) is 0.606. The van der Waals surface area contributed by atoms with Gasteiger partial charge in [-0.05, 0) is 19.1 Å². The fraction of sp³-hybridized carbons (Fsp3) is 0.308. The number of anilines is 1. The summed E-state index contributed by atoms with van der Waals surface area (Å²) in [5, 5.41) is 10.4. The maximum absolute atomic E-state index is 12.2. The number of carbonyl (C=O) groups is 1. The Balaban J connectivity index is 2.03. The van der Waals surface area contributed by atoms with E-state index in [1.807, 2.05) is 0 Å². The van der Waals surface area contributed by atoms with Gasteiger partial charge in [0, 0.05) is 11.8 Å². The predicted molar refractivity (Wildman–Crippen MR) is 83.7 cm³/mol. The van der Waals surface area contributed by atoms with Crippen LogP contribution in [0, 0.1) is 0 Å². The summed E-state index contributed by atoms with van der Waals surface area (Å²) < 4.78 is 11.6. The van der Waals surface area contributed by atoms with Gasteiger partial charge in [-0.15, -0.1) is 10.2 Å². The average molecular weight is 323 g/mol. The van der Waals surface area contributed by atoms with Gasteiger partial charge >= 0.3 is 0 Å². The van der Waals surface area contributed by atoms with Gasteiger partial charge < -0.3 is 20.6 Å². The fourth-order valence-electron chi connectivity index (χ4n) is 1.69. The predicted octanol–water partition coefficient (Wildman–Crippen LogP) is 1.13. The number of nitrogens with one attached hydrogen (secondary N) is 1. The maximum Gasteiger partial charge on any atom is 0.237 e. The molecule has 0 aliphatic carbocycles. The number of nitrogens with two attached hydrogens (primary N) is 1. The number of thioether (sulfide) groups is 1. The van der Waals surface area contributed by atoms with Gasteiger partial charge in [-0.3, -0.25) is 4.79 Å². The minimum atomic E-state index is -0.389. The lowest BCUT2D eigenvalue weighted by atomic mass is 10.2. The highest BCUT2D eigenvalue weighted by molar-refractivity contribution is 8.00. The molecule has 8 nitrogen and oxygen atoms in total. The van der Waals surface area contributed by atoms with Crippen molar-refractivity contribution in [3.8, 4) is 11.5 Å². The lowest BCUT2D eigenvalue weighted by molar-refractivity contribution is -0.115. The molecule has 1 aromatic carbocycles. The molecule has 3 N–H and O–H groups in total. The maximum atomic E-state index is 12.2.